The second-order valence-corrected chi connectivity index (χ2v) is 4.98. The van der Waals surface area contributed by atoms with Gasteiger partial charge in [0.1, 0.15) is 5.82 Å². The molecule has 2 N–H and O–H groups in total. The molecule has 0 bridgehead atoms. The Bertz CT molecular complexity index is 453. The molecule has 1 aliphatic rings. The first-order chi connectivity index (χ1) is 9.35. The van der Waals surface area contributed by atoms with Gasteiger partial charge in [-0.15, -0.1) is 0 Å². The third-order valence-corrected chi connectivity index (χ3v) is 3.40. The largest absolute Gasteiger partial charge is 0.401 e. The van der Waals surface area contributed by atoms with Gasteiger partial charge in [0.05, 0.1) is 12.2 Å². The van der Waals surface area contributed by atoms with E-state index in [1.165, 1.54) is 11.0 Å². The van der Waals surface area contributed by atoms with Gasteiger partial charge in [0.2, 0.25) is 0 Å². The molecule has 0 spiro atoms. The molecule has 0 atom stereocenters. The first-order valence-electron chi connectivity index (χ1n) is 6.39. The first-order valence-corrected chi connectivity index (χ1v) is 6.39. The van der Waals surface area contributed by atoms with Crippen molar-refractivity contribution in [2.45, 2.75) is 12.7 Å². The van der Waals surface area contributed by atoms with Crippen LogP contribution < -0.4 is 5.73 Å². The quantitative estimate of drug-likeness (QED) is 0.683. The van der Waals surface area contributed by atoms with E-state index in [0.29, 0.717) is 38.3 Å². The van der Waals surface area contributed by atoms with Gasteiger partial charge in [-0.2, -0.15) is 13.2 Å². The van der Waals surface area contributed by atoms with Crippen molar-refractivity contribution in [2.24, 2.45) is 0 Å². The van der Waals surface area contributed by atoms with Gasteiger partial charge >= 0.3 is 6.18 Å². The fourth-order valence-corrected chi connectivity index (χ4v) is 2.32. The summed E-state index contributed by atoms with van der Waals surface area (Å²) >= 11 is 0. The van der Waals surface area contributed by atoms with Gasteiger partial charge in [0.25, 0.3) is 0 Å². The molecule has 1 aromatic rings. The molecule has 1 aliphatic heterocycles. The number of halogens is 4. The molecule has 7 heteroatoms. The Labute approximate surface area is 115 Å². The fourth-order valence-electron chi connectivity index (χ4n) is 2.32. The molecule has 112 valence electrons. The summed E-state index contributed by atoms with van der Waals surface area (Å²) < 4.78 is 50.1. The summed E-state index contributed by atoms with van der Waals surface area (Å²) in [5, 5.41) is 0. The number of alkyl halides is 3. The van der Waals surface area contributed by atoms with E-state index in [1.54, 1.807) is 12.1 Å². The van der Waals surface area contributed by atoms with Gasteiger partial charge < -0.3 is 5.73 Å². The van der Waals surface area contributed by atoms with Crippen molar-refractivity contribution in [1.29, 1.82) is 0 Å². The highest BCUT2D eigenvalue weighted by atomic mass is 19.4. The lowest BCUT2D eigenvalue weighted by atomic mass is 10.1. The van der Waals surface area contributed by atoms with Crippen LogP contribution in [0, 0.1) is 5.82 Å². The molecule has 2 rings (SSSR count). The van der Waals surface area contributed by atoms with E-state index in [-0.39, 0.29) is 5.69 Å². The summed E-state index contributed by atoms with van der Waals surface area (Å²) in [5.41, 5.74) is 6.44. The minimum absolute atomic E-state index is 0.116. The number of hydrogen-bond donors (Lipinski definition) is 1. The highest BCUT2D eigenvalue weighted by Gasteiger charge is 2.32. The molecule has 3 nitrogen and oxygen atoms in total. The van der Waals surface area contributed by atoms with Crippen LogP contribution in [0.3, 0.4) is 0 Å². The zero-order valence-electron chi connectivity index (χ0n) is 11.0. The number of benzene rings is 1. The molecule has 0 aliphatic carbocycles. The van der Waals surface area contributed by atoms with Crippen LogP contribution in [0.15, 0.2) is 18.2 Å². The summed E-state index contributed by atoms with van der Waals surface area (Å²) in [6.45, 7) is 1.34. The molecular weight excluding hydrogens is 274 g/mol. The molecule has 1 fully saturated rings. The Morgan fingerprint density at radius 3 is 2.25 bits per heavy atom. The van der Waals surface area contributed by atoms with Crippen LogP contribution in [0.25, 0.3) is 0 Å². The topological polar surface area (TPSA) is 32.5 Å². The Hall–Kier alpha value is -1.34. The molecule has 1 aromatic carbocycles. The number of piperazine rings is 1. The maximum Gasteiger partial charge on any atom is 0.401 e. The highest BCUT2D eigenvalue weighted by molar-refractivity contribution is 5.47. The highest BCUT2D eigenvalue weighted by Crippen LogP contribution is 2.20. The monoisotopic (exact) mass is 291 g/mol. The number of nitrogens with two attached hydrogens (primary N) is 1. The van der Waals surface area contributed by atoms with Gasteiger partial charge in [0, 0.05) is 32.7 Å². The number of rotatable bonds is 3. The summed E-state index contributed by atoms with van der Waals surface area (Å²) in [6.07, 6.45) is -4.16. The van der Waals surface area contributed by atoms with Crippen LogP contribution in [0.5, 0.6) is 0 Å². The average molecular weight is 291 g/mol. The van der Waals surface area contributed by atoms with E-state index in [1.807, 2.05) is 4.90 Å². The fraction of sp³-hybridized carbons (Fsp3) is 0.538. The number of nitrogens with zero attached hydrogens (tertiary/aromatic N) is 2. The third kappa shape index (κ3) is 4.08. The Balaban J connectivity index is 1.87. The van der Waals surface area contributed by atoms with Crippen molar-refractivity contribution in [3.8, 4) is 0 Å². The van der Waals surface area contributed by atoms with Gasteiger partial charge in [-0.05, 0) is 11.6 Å². The molecule has 1 heterocycles. The lowest BCUT2D eigenvalue weighted by molar-refractivity contribution is -0.149. The smallest absolute Gasteiger partial charge is 0.396 e. The van der Waals surface area contributed by atoms with Crippen molar-refractivity contribution < 1.29 is 17.6 Å². The molecule has 1 saturated heterocycles. The van der Waals surface area contributed by atoms with Crippen molar-refractivity contribution in [2.75, 3.05) is 38.5 Å². The zero-order valence-corrected chi connectivity index (χ0v) is 11.0. The van der Waals surface area contributed by atoms with Crippen LogP contribution in [0.1, 0.15) is 5.56 Å². The summed E-state index contributed by atoms with van der Waals surface area (Å²) in [5.74, 6) is -0.460. The van der Waals surface area contributed by atoms with E-state index < -0.39 is 18.5 Å². The average Bonchev–Trinajstić information content (AvgIpc) is 2.35. The second kappa shape index (κ2) is 5.97. The predicted octanol–water partition coefficient (Wildman–Crippen LogP) is 2.09. The van der Waals surface area contributed by atoms with E-state index in [0.717, 1.165) is 0 Å². The number of anilines is 1. The van der Waals surface area contributed by atoms with Crippen molar-refractivity contribution in [3.63, 3.8) is 0 Å². The lowest BCUT2D eigenvalue weighted by Gasteiger charge is -2.35. The van der Waals surface area contributed by atoms with Crippen molar-refractivity contribution in [3.05, 3.63) is 29.6 Å². The van der Waals surface area contributed by atoms with E-state index in [4.69, 9.17) is 5.73 Å². The van der Waals surface area contributed by atoms with Gasteiger partial charge in [-0.3, -0.25) is 9.80 Å². The van der Waals surface area contributed by atoms with Gasteiger partial charge in [0.15, 0.2) is 0 Å². The molecule has 0 unspecified atom stereocenters. The molecule has 20 heavy (non-hydrogen) atoms. The van der Waals surface area contributed by atoms with Gasteiger partial charge in [-0.1, -0.05) is 12.1 Å². The van der Waals surface area contributed by atoms with E-state index in [9.17, 15) is 17.6 Å². The molecular formula is C13H17F4N3. The number of hydrogen-bond acceptors (Lipinski definition) is 3. The van der Waals surface area contributed by atoms with Crippen LogP contribution in [-0.2, 0) is 6.54 Å². The Morgan fingerprint density at radius 2 is 1.65 bits per heavy atom. The second-order valence-electron chi connectivity index (χ2n) is 4.98. The standard InChI is InChI=1S/C13H17F4N3/c14-11-3-1-2-10(12(11)18)8-19-4-6-20(7-5-19)9-13(15,16)17/h1-3H,4-9,18H2. The number of para-hydroxylation sites is 1. The molecule has 0 saturated carbocycles. The van der Waals surface area contributed by atoms with E-state index >= 15 is 0 Å². The molecule has 0 radical (unpaired) electrons. The molecule has 0 amide bonds. The predicted molar refractivity (Wildman–Crippen MR) is 68.6 cm³/mol. The van der Waals surface area contributed by atoms with Crippen LogP contribution >= 0.6 is 0 Å². The van der Waals surface area contributed by atoms with Crippen molar-refractivity contribution in [1.82, 2.24) is 9.80 Å². The zero-order chi connectivity index (χ0) is 14.8. The van der Waals surface area contributed by atoms with Crippen LogP contribution in [0.4, 0.5) is 23.2 Å². The lowest BCUT2D eigenvalue weighted by Crippen LogP contribution is -2.48. The van der Waals surface area contributed by atoms with Crippen LogP contribution in [0.2, 0.25) is 0 Å². The SMILES string of the molecule is Nc1c(F)cccc1CN1CCN(CC(F)(F)F)CC1. The third-order valence-electron chi connectivity index (χ3n) is 3.40. The normalized spacial score (nSPS) is 18.4. The minimum Gasteiger partial charge on any atom is -0.396 e. The maximum atomic E-state index is 13.3. The van der Waals surface area contributed by atoms with Crippen molar-refractivity contribution >= 4 is 5.69 Å². The van der Waals surface area contributed by atoms with Crippen LogP contribution in [-0.4, -0.2) is 48.7 Å². The maximum absolute atomic E-state index is 13.3. The summed E-state index contributed by atoms with van der Waals surface area (Å²) in [4.78, 5) is 3.36. The first kappa shape index (κ1) is 15.1. The van der Waals surface area contributed by atoms with E-state index in [2.05, 4.69) is 0 Å². The Morgan fingerprint density at radius 1 is 1.05 bits per heavy atom. The molecule has 0 aromatic heterocycles. The number of nitrogen functional groups attached to an aromatic ring is 1. The Kier molecular flexibility index (Phi) is 4.49. The summed E-state index contributed by atoms with van der Waals surface area (Å²) in [7, 11) is 0. The van der Waals surface area contributed by atoms with Gasteiger partial charge in [-0.25, -0.2) is 4.39 Å². The summed E-state index contributed by atoms with van der Waals surface area (Å²) in [6, 6.07) is 4.61. The minimum atomic E-state index is -4.16.